The summed E-state index contributed by atoms with van der Waals surface area (Å²) in [6, 6.07) is 11.9. The minimum Gasteiger partial charge on any atom is -0.493 e. The van der Waals surface area contributed by atoms with Gasteiger partial charge < -0.3 is 9.47 Å². The van der Waals surface area contributed by atoms with E-state index in [0.717, 1.165) is 12.0 Å². The average Bonchev–Trinajstić information content (AvgIpc) is 2.60. The molecule has 0 aliphatic rings. The average molecular weight is 335 g/mol. The normalized spacial score (nSPS) is 11.1. The van der Waals surface area contributed by atoms with Crippen LogP contribution in [0.25, 0.3) is 0 Å². The zero-order valence-corrected chi connectivity index (χ0v) is 14.6. The van der Waals surface area contributed by atoms with Crippen LogP contribution in [0, 0.1) is 0 Å². The van der Waals surface area contributed by atoms with Crippen LogP contribution in [-0.4, -0.2) is 29.7 Å². The zero-order valence-electron chi connectivity index (χ0n) is 13.7. The van der Waals surface area contributed by atoms with E-state index in [1.807, 2.05) is 19.1 Å². The molecule has 0 amide bonds. The molecule has 0 fully saturated rings. The number of sulfonamides is 1. The number of anilines is 1. The van der Waals surface area contributed by atoms with Gasteiger partial charge in [-0.05, 0) is 36.2 Å². The lowest BCUT2D eigenvalue weighted by atomic mass is 10.2. The van der Waals surface area contributed by atoms with Gasteiger partial charge in [-0.1, -0.05) is 19.1 Å². The van der Waals surface area contributed by atoms with Crippen molar-refractivity contribution in [2.75, 3.05) is 25.6 Å². The Morgan fingerprint density at radius 2 is 1.57 bits per heavy atom. The molecule has 0 atom stereocenters. The molecule has 0 saturated carbocycles. The maximum absolute atomic E-state index is 12.7. The maximum Gasteiger partial charge on any atom is 0.264 e. The van der Waals surface area contributed by atoms with Gasteiger partial charge in [0.2, 0.25) is 0 Å². The fourth-order valence-corrected chi connectivity index (χ4v) is 3.40. The van der Waals surface area contributed by atoms with Gasteiger partial charge in [-0.2, -0.15) is 0 Å². The first kappa shape index (κ1) is 17.1. The number of methoxy groups -OCH3 is 2. The Balaban J connectivity index is 2.39. The van der Waals surface area contributed by atoms with E-state index < -0.39 is 10.0 Å². The topological polar surface area (TPSA) is 55.8 Å². The van der Waals surface area contributed by atoms with Crippen LogP contribution in [0.1, 0.15) is 12.5 Å². The van der Waals surface area contributed by atoms with Crippen molar-refractivity contribution in [3.8, 4) is 11.5 Å². The summed E-state index contributed by atoms with van der Waals surface area (Å²) >= 11 is 0. The van der Waals surface area contributed by atoms with Gasteiger partial charge in [-0.15, -0.1) is 0 Å². The smallest absolute Gasteiger partial charge is 0.264 e. The molecule has 2 aromatic rings. The van der Waals surface area contributed by atoms with Gasteiger partial charge in [-0.3, -0.25) is 4.31 Å². The number of nitrogens with zero attached hydrogens (tertiary/aromatic N) is 1. The van der Waals surface area contributed by atoms with Crippen LogP contribution >= 0.6 is 0 Å². The van der Waals surface area contributed by atoms with Gasteiger partial charge in [0, 0.05) is 13.1 Å². The summed E-state index contributed by atoms with van der Waals surface area (Å²) < 4.78 is 37.1. The van der Waals surface area contributed by atoms with Crippen molar-refractivity contribution in [2.45, 2.75) is 18.2 Å². The molecule has 0 heterocycles. The molecule has 0 aromatic heterocycles. The van der Waals surface area contributed by atoms with Crippen LogP contribution < -0.4 is 13.8 Å². The van der Waals surface area contributed by atoms with Crippen molar-refractivity contribution in [2.24, 2.45) is 0 Å². The van der Waals surface area contributed by atoms with Crippen LogP contribution in [0.5, 0.6) is 11.5 Å². The van der Waals surface area contributed by atoms with E-state index in [2.05, 4.69) is 0 Å². The summed E-state index contributed by atoms with van der Waals surface area (Å²) in [6.45, 7) is 2.03. The molecule has 0 aliphatic heterocycles. The van der Waals surface area contributed by atoms with Gasteiger partial charge in [0.15, 0.2) is 11.5 Å². The quantitative estimate of drug-likeness (QED) is 0.814. The Morgan fingerprint density at radius 1 is 0.957 bits per heavy atom. The van der Waals surface area contributed by atoms with Gasteiger partial charge in [0.05, 0.1) is 24.8 Å². The lowest BCUT2D eigenvalue weighted by molar-refractivity contribution is 0.355. The highest BCUT2D eigenvalue weighted by Crippen LogP contribution is 2.33. The third kappa shape index (κ3) is 3.42. The molecule has 0 unspecified atom stereocenters. The predicted octanol–water partition coefficient (Wildman–Crippen LogP) is 3.09. The zero-order chi connectivity index (χ0) is 17.0. The SMILES string of the molecule is CCc1ccc(S(=O)(=O)N(C)c2ccc(OC)c(OC)c2)cc1. The Labute approximate surface area is 137 Å². The Kier molecular flexibility index (Phi) is 5.15. The second kappa shape index (κ2) is 6.91. The molecule has 2 rings (SSSR count). The van der Waals surface area contributed by atoms with Crippen molar-refractivity contribution in [1.82, 2.24) is 0 Å². The summed E-state index contributed by atoms with van der Waals surface area (Å²) in [6.07, 6.45) is 0.867. The fourth-order valence-electron chi connectivity index (χ4n) is 2.21. The largest absolute Gasteiger partial charge is 0.493 e. The maximum atomic E-state index is 12.7. The van der Waals surface area contributed by atoms with Gasteiger partial charge in [0.25, 0.3) is 10.0 Å². The number of hydrogen-bond donors (Lipinski definition) is 0. The van der Waals surface area contributed by atoms with Crippen LogP contribution in [0.15, 0.2) is 47.4 Å². The molecule has 124 valence electrons. The third-order valence-electron chi connectivity index (χ3n) is 3.72. The van der Waals surface area contributed by atoms with Crippen molar-refractivity contribution in [1.29, 1.82) is 0 Å². The number of aryl methyl sites for hydroxylation is 1. The van der Waals surface area contributed by atoms with Crippen LogP contribution in [0.3, 0.4) is 0 Å². The number of ether oxygens (including phenoxy) is 2. The minimum atomic E-state index is -3.62. The molecular formula is C17H21NO4S. The molecule has 0 radical (unpaired) electrons. The number of hydrogen-bond acceptors (Lipinski definition) is 4. The van der Waals surface area contributed by atoms with E-state index in [1.54, 1.807) is 30.3 Å². The van der Waals surface area contributed by atoms with E-state index in [-0.39, 0.29) is 4.90 Å². The van der Waals surface area contributed by atoms with E-state index in [4.69, 9.17) is 9.47 Å². The van der Waals surface area contributed by atoms with Crippen LogP contribution in [0.2, 0.25) is 0 Å². The van der Waals surface area contributed by atoms with Crippen molar-refractivity contribution in [3.05, 3.63) is 48.0 Å². The lowest BCUT2D eigenvalue weighted by Crippen LogP contribution is -2.26. The van der Waals surface area contributed by atoms with Crippen LogP contribution in [-0.2, 0) is 16.4 Å². The summed E-state index contributed by atoms with van der Waals surface area (Å²) in [4.78, 5) is 0.256. The molecule has 0 aliphatic carbocycles. The molecule has 0 N–H and O–H groups in total. The summed E-state index contributed by atoms with van der Waals surface area (Å²) in [7, 11) is 0.942. The molecule has 5 nitrogen and oxygen atoms in total. The van der Waals surface area contributed by atoms with Crippen LogP contribution in [0.4, 0.5) is 5.69 Å². The Morgan fingerprint density at radius 3 is 2.09 bits per heavy atom. The van der Waals surface area contributed by atoms with Crippen molar-refractivity contribution >= 4 is 15.7 Å². The van der Waals surface area contributed by atoms with E-state index >= 15 is 0 Å². The van der Waals surface area contributed by atoms with Crippen molar-refractivity contribution in [3.63, 3.8) is 0 Å². The molecule has 0 bridgehead atoms. The highest BCUT2D eigenvalue weighted by Gasteiger charge is 2.22. The first-order valence-electron chi connectivity index (χ1n) is 7.24. The second-order valence-electron chi connectivity index (χ2n) is 5.01. The first-order valence-corrected chi connectivity index (χ1v) is 8.68. The van der Waals surface area contributed by atoms with Gasteiger partial charge in [-0.25, -0.2) is 8.42 Å². The van der Waals surface area contributed by atoms with E-state index in [0.29, 0.717) is 17.2 Å². The van der Waals surface area contributed by atoms with E-state index in [1.165, 1.54) is 25.6 Å². The molecule has 0 spiro atoms. The second-order valence-corrected chi connectivity index (χ2v) is 6.98. The third-order valence-corrected chi connectivity index (χ3v) is 5.52. The Hall–Kier alpha value is -2.21. The summed E-state index contributed by atoms with van der Waals surface area (Å²) in [5, 5.41) is 0. The first-order chi connectivity index (χ1) is 10.9. The number of rotatable bonds is 6. The summed E-state index contributed by atoms with van der Waals surface area (Å²) in [5.41, 5.74) is 1.60. The molecule has 23 heavy (non-hydrogen) atoms. The lowest BCUT2D eigenvalue weighted by Gasteiger charge is -2.21. The molecular weight excluding hydrogens is 314 g/mol. The van der Waals surface area contributed by atoms with E-state index in [9.17, 15) is 8.42 Å². The number of benzene rings is 2. The molecule has 2 aromatic carbocycles. The monoisotopic (exact) mass is 335 g/mol. The molecule has 6 heteroatoms. The van der Waals surface area contributed by atoms with Gasteiger partial charge in [0.1, 0.15) is 0 Å². The Bertz CT molecular complexity index is 770. The van der Waals surface area contributed by atoms with Crippen molar-refractivity contribution < 1.29 is 17.9 Å². The standard InChI is InChI=1S/C17H21NO4S/c1-5-13-6-9-15(10-7-13)23(19,20)18(2)14-8-11-16(21-3)17(12-14)22-4/h6-12H,5H2,1-4H3. The minimum absolute atomic E-state index is 0.256. The van der Waals surface area contributed by atoms with Gasteiger partial charge >= 0.3 is 0 Å². The molecule has 0 saturated heterocycles. The predicted molar refractivity (Wildman–Crippen MR) is 91.0 cm³/mol. The fraction of sp³-hybridized carbons (Fsp3) is 0.294. The highest BCUT2D eigenvalue weighted by atomic mass is 32.2. The highest BCUT2D eigenvalue weighted by molar-refractivity contribution is 7.92. The summed E-state index contributed by atoms with van der Waals surface area (Å²) in [5.74, 6) is 1.03.